The molecule has 0 heterocycles. The van der Waals surface area contributed by atoms with Crippen LogP contribution < -0.4 is 5.32 Å². The number of hydrogen-bond donors (Lipinski definition) is 1. The Morgan fingerprint density at radius 3 is 2.63 bits per heavy atom. The lowest BCUT2D eigenvalue weighted by molar-refractivity contribution is 0.0951. The van der Waals surface area contributed by atoms with Crippen molar-refractivity contribution in [2.75, 3.05) is 0 Å². The summed E-state index contributed by atoms with van der Waals surface area (Å²) in [6.45, 7) is 0.478. The first-order chi connectivity index (χ1) is 9.06. The van der Waals surface area contributed by atoms with Crippen molar-refractivity contribution < 1.29 is 4.79 Å². The first kappa shape index (κ1) is 14.6. The Balaban J connectivity index is 2.03. The van der Waals surface area contributed by atoms with E-state index in [2.05, 4.69) is 37.2 Å². The molecular formula is C14H10Br2ClNO. The predicted octanol–water partition coefficient (Wildman–Crippen LogP) is 4.80. The molecule has 1 N–H and O–H groups in total. The van der Waals surface area contributed by atoms with Gasteiger partial charge in [-0.1, -0.05) is 39.7 Å². The van der Waals surface area contributed by atoms with Gasteiger partial charge in [-0.3, -0.25) is 4.79 Å². The van der Waals surface area contributed by atoms with Crippen molar-refractivity contribution in [3.8, 4) is 0 Å². The molecule has 5 heteroatoms. The maximum Gasteiger partial charge on any atom is 0.251 e. The average molecular weight is 404 g/mol. The number of nitrogens with one attached hydrogen (secondary N) is 1. The minimum Gasteiger partial charge on any atom is -0.348 e. The van der Waals surface area contributed by atoms with Crippen LogP contribution in [-0.4, -0.2) is 5.91 Å². The number of carbonyl (C=O) groups is 1. The standard InChI is InChI=1S/C14H10Br2ClNO/c15-11-3-1-2-9(6-11)8-18-14(19)10-4-5-12(16)13(17)7-10/h1-7H,8H2,(H,18,19). The fraction of sp³-hybridized carbons (Fsp3) is 0.0714. The number of hydrogen-bond acceptors (Lipinski definition) is 1. The smallest absolute Gasteiger partial charge is 0.251 e. The van der Waals surface area contributed by atoms with Gasteiger partial charge in [0.15, 0.2) is 0 Å². The van der Waals surface area contributed by atoms with Crippen LogP contribution >= 0.6 is 43.5 Å². The van der Waals surface area contributed by atoms with Crippen LogP contribution in [0.2, 0.25) is 5.02 Å². The van der Waals surface area contributed by atoms with Crippen LogP contribution in [0.15, 0.2) is 51.4 Å². The van der Waals surface area contributed by atoms with E-state index in [-0.39, 0.29) is 5.91 Å². The highest BCUT2D eigenvalue weighted by atomic mass is 79.9. The molecule has 0 unspecified atom stereocenters. The quantitative estimate of drug-likeness (QED) is 0.784. The highest BCUT2D eigenvalue weighted by Crippen LogP contribution is 2.23. The van der Waals surface area contributed by atoms with Crippen LogP contribution in [-0.2, 0) is 6.54 Å². The Morgan fingerprint density at radius 2 is 1.95 bits per heavy atom. The summed E-state index contributed by atoms with van der Waals surface area (Å²) in [6.07, 6.45) is 0. The van der Waals surface area contributed by atoms with Gasteiger partial charge in [-0.15, -0.1) is 0 Å². The van der Waals surface area contributed by atoms with Crippen LogP contribution in [0.3, 0.4) is 0 Å². The Labute approximate surface area is 133 Å². The summed E-state index contributed by atoms with van der Waals surface area (Å²) >= 11 is 12.7. The summed E-state index contributed by atoms with van der Waals surface area (Å²) in [6, 6.07) is 12.9. The topological polar surface area (TPSA) is 29.1 Å². The molecule has 0 saturated carbocycles. The Morgan fingerprint density at radius 1 is 1.16 bits per heavy atom. The third-order valence-corrected chi connectivity index (χ3v) is 4.25. The molecule has 98 valence electrons. The van der Waals surface area contributed by atoms with Crippen molar-refractivity contribution in [3.05, 3.63) is 67.6 Å². The molecule has 2 rings (SSSR count). The second-order valence-corrected chi connectivity index (χ2v) is 6.12. The first-order valence-electron chi connectivity index (χ1n) is 5.54. The highest BCUT2D eigenvalue weighted by molar-refractivity contribution is 9.10. The van der Waals surface area contributed by atoms with Crippen LogP contribution in [0.1, 0.15) is 15.9 Å². The zero-order valence-electron chi connectivity index (χ0n) is 9.79. The minimum atomic E-state index is -0.144. The monoisotopic (exact) mass is 401 g/mol. The van der Waals surface area contributed by atoms with E-state index in [1.165, 1.54) is 0 Å². The zero-order valence-corrected chi connectivity index (χ0v) is 13.7. The number of benzene rings is 2. The van der Waals surface area contributed by atoms with Gasteiger partial charge in [0.1, 0.15) is 0 Å². The molecule has 0 aliphatic heterocycles. The third kappa shape index (κ3) is 4.06. The SMILES string of the molecule is O=C(NCc1cccc(Br)c1)c1ccc(Br)c(Cl)c1. The maximum atomic E-state index is 12.0. The van der Waals surface area contributed by atoms with Crippen molar-refractivity contribution in [1.29, 1.82) is 0 Å². The molecule has 0 spiro atoms. The van der Waals surface area contributed by atoms with Crippen molar-refractivity contribution in [2.24, 2.45) is 0 Å². The molecule has 19 heavy (non-hydrogen) atoms. The Hall–Kier alpha value is -0.840. The van der Waals surface area contributed by atoms with Crippen molar-refractivity contribution in [3.63, 3.8) is 0 Å². The van der Waals surface area contributed by atoms with Crippen LogP contribution in [0.5, 0.6) is 0 Å². The fourth-order valence-corrected chi connectivity index (χ4v) is 2.44. The van der Waals surface area contributed by atoms with Crippen LogP contribution in [0.25, 0.3) is 0 Å². The molecule has 0 saturated heterocycles. The third-order valence-electron chi connectivity index (χ3n) is 2.52. The predicted molar refractivity (Wildman–Crippen MR) is 84.5 cm³/mol. The second kappa shape index (κ2) is 6.55. The van der Waals surface area contributed by atoms with E-state index >= 15 is 0 Å². The highest BCUT2D eigenvalue weighted by Gasteiger charge is 2.07. The van der Waals surface area contributed by atoms with Gasteiger partial charge in [-0.2, -0.15) is 0 Å². The number of amides is 1. The van der Waals surface area contributed by atoms with Gasteiger partial charge in [0, 0.05) is 21.1 Å². The molecule has 0 fully saturated rings. The summed E-state index contributed by atoms with van der Waals surface area (Å²) < 4.78 is 1.77. The molecular weight excluding hydrogens is 393 g/mol. The largest absolute Gasteiger partial charge is 0.348 e. The molecule has 0 bridgehead atoms. The van der Waals surface area contributed by atoms with E-state index in [1.807, 2.05) is 24.3 Å². The lowest BCUT2D eigenvalue weighted by atomic mass is 10.2. The summed E-state index contributed by atoms with van der Waals surface area (Å²) in [7, 11) is 0. The summed E-state index contributed by atoms with van der Waals surface area (Å²) in [5.41, 5.74) is 1.58. The van der Waals surface area contributed by atoms with Gasteiger partial charge in [0.05, 0.1) is 5.02 Å². The van der Waals surface area contributed by atoms with Gasteiger partial charge in [0.2, 0.25) is 0 Å². The molecule has 0 aliphatic carbocycles. The molecule has 0 aromatic heterocycles. The summed E-state index contributed by atoms with van der Waals surface area (Å²) in [5.74, 6) is -0.144. The van der Waals surface area contributed by atoms with E-state index in [4.69, 9.17) is 11.6 Å². The molecule has 2 aromatic rings. The van der Waals surface area contributed by atoms with E-state index in [1.54, 1.807) is 18.2 Å². The second-order valence-electron chi connectivity index (χ2n) is 3.94. The van der Waals surface area contributed by atoms with E-state index in [0.29, 0.717) is 17.1 Å². The van der Waals surface area contributed by atoms with Gasteiger partial charge < -0.3 is 5.32 Å². The molecule has 0 atom stereocenters. The fourth-order valence-electron chi connectivity index (χ4n) is 1.57. The van der Waals surface area contributed by atoms with Crippen molar-refractivity contribution >= 4 is 49.4 Å². The molecule has 2 aromatic carbocycles. The normalized spacial score (nSPS) is 10.3. The molecule has 2 nitrogen and oxygen atoms in total. The maximum absolute atomic E-state index is 12.0. The number of halogens is 3. The van der Waals surface area contributed by atoms with Crippen molar-refractivity contribution in [2.45, 2.75) is 6.54 Å². The van der Waals surface area contributed by atoms with Crippen LogP contribution in [0.4, 0.5) is 0 Å². The number of rotatable bonds is 3. The Kier molecular flexibility index (Phi) is 5.02. The summed E-state index contributed by atoms with van der Waals surface area (Å²) in [4.78, 5) is 12.0. The molecule has 0 radical (unpaired) electrons. The van der Waals surface area contributed by atoms with Crippen molar-refractivity contribution in [1.82, 2.24) is 5.32 Å². The summed E-state index contributed by atoms with van der Waals surface area (Å²) in [5, 5.41) is 3.38. The van der Waals surface area contributed by atoms with E-state index in [0.717, 1.165) is 14.5 Å². The van der Waals surface area contributed by atoms with E-state index < -0.39 is 0 Å². The zero-order chi connectivity index (χ0) is 13.8. The minimum absolute atomic E-state index is 0.144. The van der Waals surface area contributed by atoms with E-state index in [9.17, 15) is 4.79 Å². The van der Waals surface area contributed by atoms with Gasteiger partial charge in [-0.25, -0.2) is 0 Å². The van der Waals surface area contributed by atoms with Gasteiger partial charge >= 0.3 is 0 Å². The molecule has 0 aliphatic rings. The van der Waals surface area contributed by atoms with Crippen LogP contribution in [0, 0.1) is 0 Å². The van der Waals surface area contributed by atoms with Gasteiger partial charge in [0.25, 0.3) is 5.91 Å². The van der Waals surface area contributed by atoms with Gasteiger partial charge in [-0.05, 0) is 51.8 Å². The number of carbonyl (C=O) groups excluding carboxylic acids is 1. The molecule has 1 amide bonds. The lowest BCUT2D eigenvalue weighted by Gasteiger charge is -2.06. The first-order valence-corrected chi connectivity index (χ1v) is 7.50. The lowest BCUT2D eigenvalue weighted by Crippen LogP contribution is -2.22. The average Bonchev–Trinajstić information content (AvgIpc) is 2.39. The Bertz CT molecular complexity index is 616.